The van der Waals surface area contributed by atoms with Crippen molar-refractivity contribution in [2.24, 2.45) is 0 Å². The summed E-state index contributed by atoms with van der Waals surface area (Å²) in [5, 5.41) is 9.81. The molecule has 0 radical (unpaired) electrons. The van der Waals surface area contributed by atoms with Gasteiger partial charge in [0.1, 0.15) is 12.4 Å². The van der Waals surface area contributed by atoms with E-state index in [2.05, 4.69) is 64.6 Å². The standard InChI is InChI=1S/C42H62N2O7SSi/c1-30(2)53(31(3)4,32(5)6)51-29-37-25-39(36-15-12-34(27-45)13-16-36)42(26-44(37)52(46,47)38-17-10-33(7)11-18-38)50-28-35-14-19-41-40(24-35)43(21-23-49-41)20-9-22-48-8/h10-19,24,30-32,37,39,42,45H,9,20-23,25-29H2,1-8H3/t37-,39?,42?/m0/s1. The van der Waals surface area contributed by atoms with Crippen LogP contribution >= 0.6 is 0 Å². The molecular formula is C42H62N2O7SSi. The number of piperidine rings is 1. The zero-order chi connectivity index (χ0) is 38.3. The number of sulfonamides is 1. The summed E-state index contributed by atoms with van der Waals surface area (Å²) in [4.78, 5) is 2.61. The molecule has 5 rings (SSSR count). The molecule has 2 unspecified atom stereocenters. The average Bonchev–Trinajstić information content (AvgIpc) is 3.14. The van der Waals surface area contributed by atoms with Crippen molar-refractivity contribution in [3.05, 3.63) is 89.0 Å². The number of benzene rings is 3. The Morgan fingerprint density at radius 2 is 1.58 bits per heavy atom. The third kappa shape index (κ3) is 9.37. The van der Waals surface area contributed by atoms with Crippen LogP contribution < -0.4 is 9.64 Å². The summed E-state index contributed by atoms with van der Waals surface area (Å²) >= 11 is 0. The van der Waals surface area contributed by atoms with Gasteiger partial charge in [-0.1, -0.05) is 89.6 Å². The quantitative estimate of drug-likeness (QED) is 0.109. The first kappa shape index (κ1) is 41.4. The van der Waals surface area contributed by atoms with Crippen molar-refractivity contribution < 1.29 is 32.2 Å². The monoisotopic (exact) mass is 766 g/mol. The third-order valence-electron chi connectivity index (χ3n) is 11.4. The van der Waals surface area contributed by atoms with Crippen LogP contribution in [0.5, 0.6) is 5.75 Å². The normalized spacial score (nSPS) is 19.9. The highest BCUT2D eigenvalue weighted by molar-refractivity contribution is 7.89. The van der Waals surface area contributed by atoms with Crippen LogP contribution in [0.1, 0.15) is 82.6 Å². The highest BCUT2D eigenvalue weighted by Gasteiger charge is 2.48. The fourth-order valence-electron chi connectivity index (χ4n) is 8.68. The number of nitrogens with zero attached hydrogens (tertiary/aromatic N) is 2. The second kappa shape index (κ2) is 18.2. The fourth-order valence-corrected chi connectivity index (χ4v) is 15.8. The van der Waals surface area contributed by atoms with Gasteiger partial charge in [0.15, 0.2) is 8.32 Å². The van der Waals surface area contributed by atoms with Crippen LogP contribution in [0.3, 0.4) is 0 Å². The number of methoxy groups -OCH3 is 1. The van der Waals surface area contributed by atoms with E-state index < -0.39 is 30.5 Å². The van der Waals surface area contributed by atoms with Crippen molar-refractivity contribution in [3.8, 4) is 5.75 Å². The first-order chi connectivity index (χ1) is 25.3. The second-order valence-corrected chi connectivity index (χ2v) is 23.1. The maximum Gasteiger partial charge on any atom is 0.243 e. The molecule has 2 aliphatic heterocycles. The molecule has 0 bridgehead atoms. The second-order valence-electron chi connectivity index (χ2n) is 15.7. The Labute approximate surface area is 319 Å². The van der Waals surface area contributed by atoms with Crippen molar-refractivity contribution >= 4 is 24.0 Å². The van der Waals surface area contributed by atoms with E-state index in [0.29, 0.717) is 49.5 Å². The van der Waals surface area contributed by atoms with Gasteiger partial charge in [0.25, 0.3) is 0 Å². The predicted octanol–water partition coefficient (Wildman–Crippen LogP) is 8.05. The van der Waals surface area contributed by atoms with Gasteiger partial charge in [-0.3, -0.25) is 0 Å². The van der Waals surface area contributed by atoms with Crippen molar-refractivity contribution in [3.63, 3.8) is 0 Å². The lowest BCUT2D eigenvalue weighted by molar-refractivity contribution is -0.0262. The van der Waals surface area contributed by atoms with Crippen LogP contribution in [0, 0.1) is 6.92 Å². The number of hydrogen-bond acceptors (Lipinski definition) is 8. The molecule has 2 heterocycles. The number of ether oxygens (including phenoxy) is 3. The lowest BCUT2D eigenvalue weighted by Crippen LogP contribution is -2.56. The van der Waals surface area contributed by atoms with Crippen LogP contribution in [0.25, 0.3) is 0 Å². The molecular weight excluding hydrogens is 705 g/mol. The Balaban J connectivity index is 1.50. The van der Waals surface area contributed by atoms with Crippen LogP contribution in [-0.4, -0.2) is 84.9 Å². The summed E-state index contributed by atoms with van der Waals surface area (Å²) in [6, 6.07) is 20.9. The number of aliphatic hydroxyl groups is 1. The molecule has 0 aliphatic carbocycles. The van der Waals surface area contributed by atoms with Crippen LogP contribution in [0.2, 0.25) is 16.6 Å². The van der Waals surface area contributed by atoms with Gasteiger partial charge < -0.3 is 28.6 Å². The number of anilines is 1. The predicted molar refractivity (Wildman–Crippen MR) is 215 cm³/mol. The molecule has 11 heteroatoms. The zero-order valence-electron chi connectivity index (χ0n) is 33.1. The minimum atomic E-state index is -3.90. The fraction of sp³-hybridized carbons (Fsp3) is 0.571. The highest BCUT2D eigenvalue weighted by atomic mass is 32.2. The van der Waals surface area contributed by atoms with Gasteiger partial charge in [0.2, 0.25) is 10.0 Å². The van der Waals surface area contributed by atoms with E-state index in [0.717, 1.165) is 53.2 Å². The Morgan fingerprint density at radius 1 is 0.925 bits per heavy atom. The minimum Gasteiger partial charge on any atom is -0.490 e. The molecule has 53 heavy (non-hydrogen) atoms. The Hall–Kier alpha value is -2.77. The summed E-state index contributed by atoms with van der Waals surface area (Å²) in [5.74, 6) is 0.763. The molecule has 0 aromatic heterocycles. The Kier molecular flexibility index (Phi) is 14.2. The largest absolute Gasteiger partial charge is 0.490 e. The van der Waals surface area contributed by atoms with Gasteiger partial charge in [-0.25, -0.2) is 8.42 Å². The molecule has 0 spiro atoms. The molecule has 9 nitrogen and oxygen atoms in total. The van der Waals surface area contributed by atoms with Crippen LogP contribution in [0.15, 0.2) is 71.6 Å². The maximum atomic E-state index is 14.7. The van der Waals surface area contributed by atoms with Gasteiger partial charge in [0.05, 0.1) is 43.1 Å². The van der Waals surface area contributed by atoms with E-state index in [1.165, 1.54) is 0 Å². The summed E-state index contributed by atoms with van der Waals surface area (Å²) in [6.07, 6.45) is 1.03. The number of hydrogen-bond donors (Lipinski definition) is 1. The Bertz CT molecular complexity index is 1690. The topological polar surface area (TPSA) is 97.8 Å². The van der Waals surface area contributed by atoms with E-state index in [1.807, 2.05) is 43.3 Å². The zero-order valence-corrected chi connectivity index (χ0v) is 34.9. The van der Waals surface area contributed by atoms with E-state index in [4.69, 9.17) is 18.6 Å². The lowest BCUT2D eigenvalue weighted by Gasteiger charge is -2.47. The van der Waals surface area contributed by atoms with E-state index in [9.17, 15) is 13.5 Å². The maximum absolute atomic E-state index is 14.7. The summed E-state index contributed by atoms with van der Waals surface area (Å²) in [6.45, 7) is 19.3. The van der Waals surface area contributed by atoms with Crippen molar-refractivity contribution in [2.45, 2.75) is 114 Å². The highest BCUT2D eigenvalue weighted by Crippen LogP contribution is 2.44. The number of fused-ring (bicyclic) bond motifs is 1. The van der Waals surface area contributed by atoms with Crippen molar-refractivity contribution in [2.75, 3.05) is 51.5 Å². The summed E-state index contributed by atoms with van der Waals surface area (Å²) in [5.41, 5.74) is 6.04. The van der Waals surface area contributed by atoms with E-state index in [-0.39, 0.29) is 24.0 Å². The minimum absolute atomic E-state index is 0.0409. The first-order valence-corrected chi connectivity index (χ1v) is 22.9. The van der Waals surface area contributed by atoms with Gasteiger partial charge >= 0.3 is 0 Å². The molecule has 1 saturated heterocycles. The molecule has 292 valence electrons. The first-order valence-electron chi connectivity index (χ1n) is 19.3. The summed E-state index contributed by atoms with van der Waals surface area (Å²) in [7, 11) is -4.48. The van der Waals surface area contributed by atoms with Crippen LogP contribution in [0.4, 0.5) is 5.69 Å². The molecule has 1 N–H and O–H groups in total. The molecule has 3 atom stereocenters. The lowest BCUT2D eigenvalue weighted by atomic mass is 9.84. The van der Waals surface area contributed by atoms with Gasteiger partial charge in [-0.2, -0.15) is 4.31 Å². The van der Waals surface area contributed by atoms with Crippen molar-refractivity contribution in [1.82, 2.24) is 4.31 Å². The molecule has 0 saturated carbocycles. The number of aliphatic hydroxyl groups excluding tert-OH is 1. The average molecular weight is 767 g/mol. The van der Waals surface area contributed by atoms with Crippen molar-refractivity contribution in [1.29, 1.82) is 0 Å². The SMILES string of the molecule is COCCCN1CCOc2ccc(COC3CN(S(=O)(=O)c4ccc(C)cc4)[C@H](CO[Si](C(C)C)(C(C)C)C(C)C)CC3c3ccc(CO)cc3)cc21. The van der Waals surface area contributed by atoms with Gasteiger partial charge in [0, 0.05) is 38.8 Å². The number of aryl methyl sites for hydroxylation is 1. The van der Waals surface area contributed by atoms with Gasteiger partial charge in [-0.05, 0) is 77.3 Å². The van der Waals surface area contributed by atoms with Crippen LogP contribution in [-0.2, 0) is 37.1 Å². The van der Waals surface area contributed by atoms with Gasteiger partial charge in [-0.15, -0.1) is 0 Å². The molecule has 3 aromatic carbocycles. The molecule has 1 fully saturated rings. The molecule has 0 amide bonds. The molecule has 2 aliphatic rings. The Morgan fingerprint density at radius 3 is 2.21 bits per heavy atom. The number of rotatable bonds is 17. The van der Waals surface area contributed by atoms with E-state index >= 15 is 0 Å². The third-order valence-corrected chi connectivity index (χ3v) is 19.4. The van der Waals surface area contributed by atoms with E-state index in [1.54, 1.807) is 23.5 Å². The summed E-state index contributed by atoms with van der Waals surface area (Å²) < 4.78 is 56.3. The molecule has 3 aromatic rings. The smallest absolute Gasteiger partial charge is 0.243 e.